The van der Waals surface area contributed by atoms with Gasteiger partial charge in [0.25, 0.3) is 0 Å². The summed E-state index contributed by atoms with van der Waals surface area (Å²) < 4.78 is 11.4. The number of hydrogen-bond donors (Lipinski definition) is 0. The number of amides is 1. The van der Waals surface area contributed by atoms with Gasteiger partial charge in [-0.3, -0.25) is 4.79 Å². The van der Waals surface area contributed by atoms with E-state index in [1.54, 1.807) is 18.3 Å². The number of carbonyl (C=O) groups excluding carboxylic acids is 1. The van der Waals surface area contributed by atoms with E-state index in [0.717, 1.165) is 39.7 Å². The largest absolute Gasteiger partial charge is 0.457 e. The fourth-order valence-electron chi connectivity index (χ4n) is 3.79. The molecule has 1 fully saturated rings. The minimum absolute atomic E-state index is 0.172. The molecule has 34 heavy (non-hydrogen) atoms. The van der Waals surface area contributed by atoms with Crippen LogP contribution >= 0.6 is 11.3 Å². The van der Waals surface area contributed by atoms with Crippen molar-refractivity contribution in [2.24, 2.45) is 0 Å². The summed E-state index contributed by atoms with van der Waals surface area (Å²) in [5, 5.41) is 14.5. The quantitative estimate of drug-likeness (QED) is 0.343. The summed E-state index contributed by atoms with van der Waals surface area (Å²) in [4.78, 5) is 18.4. The average molecular weight is 476 g/mol. The van der Waals surface area contributed by atoms with E-state index < -0.39 is 0 Å². The van der Waals surface area contributed by atoms with Gasteiger partial charge in [0.05, 0.1) is 0 Å². The van der Waals surface area contributed by atoms with Gasteiger partial charge in [0, 0.05) is 49.0 Å². The van der Waals surface area contributed by atoms with Crippen molar-refractivity contribution in [2.45, 2.75) is 46.1 Å². The first-order chi connectivity index (χ1) is 16.5. The number of aryl methyl sites for hydroxylation is 1. The van der Waals surface area contributed by atoms with Gasteiger partial charge in [0.2, 0.25) is 17.6 Å². The van der Waals surface area contributed by atoms with E-state index >= 15 is 0 Å². The Morgan fingerprint density at radius 3 is 2.56 bits per heavy atom. The van der Waals surface area contributed by atoms with Gasteiger partial charge >= 0.3 is 0 Å². The minimum Gasteiger partial charge on any atom is -0.457 e. The number of aromatic nitrogens is 4. The van der Waals surface area contributed by atoms with Gasteiger partial charge in [-0.15, -0.1) is 10.2 Å². The molecule has 1 amide bonds. The molecule has 9 heteroatoms. The monoisotopic (exact) mass is 475 g/mol. The van der Waals surface area contributed by atoms with Crippen molar-refractivity contribution in [2.75, 3.05) is 6.54 Å². The SMILES string of the molecule is Cc1nc(-c2ccc(CN3CCCC3=O)c(Oc3ccc(-c4nnc(C(C)C)s4)cc3)c2)no1. The zero-order valence-electron chi connectivity index (χ0n) is 19.3. The Morgan fingerprint density at radius 2 is 1.91 bits per heavy atom. The molecule has 0 bridgehead atoms. The van der Waals surface area contributed by atoms with Gasteiger partial charge in [0.1, 0.15) is 21.5 Å². The van der Waals surface area contributed by atoms with E-state index in [1.807, 2.05) is 47.4 Å². The van der Waals surface area contributed by atoms with Gasteiger partial charge in [0.15, 0.2) is 0 Å². The van der Waals surface area contributed by atoms with Crippen LogP contribution in [-0.2, 0) is 11.3 Å². The first-order valence-electron chi connectivity index (χ1n) is 11.3. The number of likely N-dealkylation sites (tertiary alicyclic amines) is 1. The smallest absolute Gasteiger partial charge is 0.223 e. The number of rotatable bonds is 7. The molecule has 1 aliphatic rings. The van der Waals surface area contributed by atoms with Gasteiger partial charge in [-0.2, -0.15) is 4.98 Å². The van der Waals surface area contributed by atoms with Crippen LogP contribution in [0.5, 0.6) is 11.5 Å². The van der Waals surface area contributed by atoms with E-state index in [2.05, 4.69) is 34.2 Å². The third kappa shape index (κ3) is 4.70. The van der Waals surface area contributed by atoms with Crippen LogP contribution < -0.4 is 4.74 Å². The van der Waals surface area contributed by atoms with Gasteiger partial charge in [-0.25, -0.2) is 0 Å². The zero-order valence-corrected chi connectivity index (χ0v) is 20.1. The van der Waals surface area contributed by atoms with Crippen LogP contribution in [0, 0.1) is 6.92 Å². The summed E-state index contributed by atoms with van der Waals surface area (Å²) in [5.41, 5.74) is 2.71. The van der Waals surface area contributed by atoms with Gasteiger partial charge in [-0.05, 0) is 36.8 Å². The predicted molar refractivity (Wildman–Crippen MR) is 129 cm³/mol. The molecule has 1 saturated heterocycles. The second-order valence-corrected chi connectivity index (χ2v) is 9.61. The Morgan fingerprint density at radius 1 is 1.12 bits per heavy atom. The van der Waals surface area contributed by atoms with Gasteiger partial charge in [-0.1, -0.05) is 42.5 Å². The first-order valence-corrected chi connectivity index (χ1v) is 12.1. The van der Waals surface area contributed by atoms with E-state index in [-0.39, 0.29) is 5.91 Å². The van der Waals surface area contributed by atoms with Crippen LogP contribution in [0.3, 0.4) is 0 Å². The zero-order chi connectivity index (χ0) is 23.7. The molecule has 174 valence electrons. The molecule has 0 saturated carbocycles. The number of ether oxygens (including phenoxy) is 1. The molecule has 4 aromatic rings. The van der Waals surface area contributed by atoms with Crippen molar-refractivity contribution in [3.63, 3.8) is 0 Å². The highest BCUT2D eigenvalue weighted by atomic mass is 32.1. The van der Waals surface area contributed by atoms with E-state index in [4.69, 9.17) is 9.26 Å². The lowest BCUT2D eigenvalue weighted by Crippen LogP contribution is -2.24. The van der Waals surface area contributed by atoms with Crippen LogP contribution in [0.25, 0.3) is 22.0 Å². The lowest BCUT2D eigenvalue weighted by molar-refractivity contribution is -0.128. The molecule has 1 aliphatic heterocycles. The Kier molecular flexibility index (Phi) is 6.10. The summed E-state index contributed by atoms with van der Waals surface area (Å²) in [5.74, 6) is 2.87. The molecule has 0 radical (unpaired) electrons. The molecule has 8 nitrogen and oxygen atoms in total. The van der Waals surface area contributed by atoms with E-state index in [0.29, 0.717) is 42.1 Å². The summed E-state index contributed by atoms with van der Waals surface area (Å²) in [6.45, 7) is 7.24. The third-order valence-corrected chi connectivity index (χ3v) is 6.92. The van der Waals surface area contributed by atoms with Crippen LogP contribution in [0.1, 0.15) is 49.1 Å². The number of benzene rings is 2. The van der Waals surface area contributed by atoms with Crippen LogP contribution in [0.4, 0.5) is 0 Å². The molecule has 0 unspecified atom stereocenters. The Labute approximate surface area is 201 Å². The fourth-order valence-corrected chi connectivity index (χ4v) is 4.64. The molecule has 0 N–H and O–H groups in total. The number of carbonyl (C=O) groups is 1. The Bertz CT molecular complexity index is 1310. The molecule has 0 aliphatic carbocycles. The number of nitrogens with zero attached hydrogens (tertiary/aromatic N) is 5. The maximum Gasteiger partial charge on any atom is 0.223 e. The van der Waals surface area contributed by atoms with E-state index in [1.165, 1.54) is 0 Å². The molecule has 0 atom stereocenters. The summed E-state index contributed by atoms with van der Waals surface area (Å²) in [7, 11) is 0. The molecule has 2 aromatic heterocycles. The average Bonchev–Trinajstić information content (AvgIpc) is 3.57. The second-order valence-electron chi connectivity index (χ2n) is 8.60. The Balaban J connectivity index is 1.42. The van der Waals surface area contributed by atoms with Crippen molar-refractivity contribution in [1.82, 2.24) is 25.2 Å². The standard InChI is InChI=1S/C25H25N5O3S/c1-15(2)24-27-28-25(34-24)17-8-10-20(11-9-17)32-21-13-18(23-26-16(3)33-29-23)6-7-19(21)14-30-12-4-5-22(30)31/h6-11,13,15H,4-5,12,14H2,1-3H3. The first kappa shape index (κ1) is 22.2. The van der Waals surface area contributed by atoms with Crippen molar-refractivity contribution in [1.29, 1.82) is 0 Å². The van der Waals surface area contributed by atoms with Crippen molar-refractivity contribution in [3.8, 4) is 33.5 Å². The molecule has 5 rings (SSSR count). The van der Waals surface area contributed by atoms with Gasteiger partial charge < -0.3 is 14.2 Å². The molecular weight excluding hydrogens is 450 g/mol. The lowest BCUT2D eigenvalue weighted by Gasteiger charge is -2.19. The summed E-state index contributed by atoms with van der Waals surface area (Å²) in [6, 6.07) is 13.6. The molecule has 2 aromatic carbocycles. The van der Waals surface area contributed by atoms with Crippen LogP contribution in [0.2, 0.25) is 0 Å². The van der Waals surface area contributed by atoms with Crippen LogP contribution in [0.15, 0.2) is 47.0 Å². The lowest BCUT2D eigenvalue weighted by atomic mass is 10.1. The van der Waals surface area contributed by atoms with Crippen molar-refractivity contribution < 1.29 is 14.1 Å². The minimum atomic E-state index is 0.172. The highest BCUT2D eigenvalue weighted by molar-refractivity contribution is 7.14. The number of hydrogen-bond acceptors (Lipinski definition) is 8. The highest BCUT2D eigenvalue weighted by Crippen LogP contribution is 2.33. The molecule has 3 heterocycles. The van der Waals surface area contributed by atoms with E-state index in [9.17, 15) is 4.79 Å². The maximum atomic E-state index is 12.2. The highest BCUT2D eigenvalue weighted by Gasteiger charge is 2.22. The normalized spacial score (nSPS) is 13.8. The Hall–Kier alpha value is -3.59. The van der Waals surface area contributed by atoms with Crippen molar-refractivity contribution in [3.05, 3.63) is 58.9 Å². The third-order valence-electron chi connectivity index (χ3n) is 5.65. The predicted octanol–water partition coefficient (Wildman–Crippen LogP) is 5.60. The maximum absolute atomic E-state index is 12.2. The fraction of sp³-hybridized carbons (Fsp3) is 0.320. The summed E-state index contributed by atoms with van der Waals surface area (Å²) in [6.07, 6.45) is 1.49. The topological polar surface area (TPSA) is 94.2 Å². The molecule has 0 spiro atoms. The van der Waals surface area contributed by atoms with Crippen LogP contribution in [-0.4, -0.2) is 37.7 Å². The second kappa shape index (κ2) is 9.34. The van der Waals surface area contributed by atoms with Crippen molar-refractivity contribution >= 4 is 17.2 Å². The molecular formula is C25H25N5O3S. The summed E-state index contributed by atoms with van der Waals surface area (Å²) >= 11 is 1.60.